The first-order chi connectivity index (χ1) is 10.3. The van der Waals surface area contributed by atoms with Crippen LogP contribution in [0.5, 0.6) is 0 Å². The second-order valence-electron chi connectivity index (χ2n) is 7.15. The van der Waals surface area contributed by atoms with Gasteiger partial charge >= 0.3 is 0 Å². The van der Waals surface area contributed by atoms with E-state index in [0.717, 1.165) is 32.4 Å². The van der Waals surface area contributed by atoms with E-state index in [9.17, 15) is 4.79 Å². The largest absolute Gasteiger partial charge is 0.342 e. The maximum absolute atomic E-state index is 12.7. The van der Waals surface area contributed by atoms with E-state index in [1.165, 1.54) is 32.1 Å². The smallest absolute Gasteiger partial charge is 0.226 e. The molecule has 21 heavy (non-hydrogen) atoms. The lowest BCUT2D eigenvalue weighted by molar-refractivity contribution is -0.135. The van der Waals surface area contributed by atoms with Crippen molar-refractivity contribution in [3.63, 3.8) is 0 Å². The quantitative estimate of drug-likeness (QED) is 0.839. The van der Waals surface area contributed by atoms with E-state index < -0.39 is 0 Å². The van der Waals surface area contributed by atoms with Crippen LogP contribution in [-0.2, 0) is 4.79 Å². The van der Waals surface area contributed by atoms with Gasteiger partial charge in [-0.2, -0.15) is 0 Å². The van der Waals surface area contributed by atoms with Crippen molar-refractivity contribution in [1.82, 2.24) is 19.7 Å². The summed E-state index contributed by atoms with van der Waals surface area (Å²) in [4.78, 5) is 14.8. The molecule has 1 aromatic heterocycles. The fourth-order valence-electron chi connectivity index (χ4n) is 4.51. The van der Waals surface area contributed by atoms with Crippen LogP contribution in [0.15, 0.2) is 12.7 Å². The maximum atomic E-state index is 12.7. The summed E-state index contributed by atoms with van der Waals surface area (Å²) in [5.74, 6) is 0.795. The van der Waals surface area contributed by atoms with Crippen LogP contribution in [0, 0.1) is 11.3 Å². The summed E-state index contributed by atoms with van der Waals surface area (Å²) in [6.45, 7) is 1.79. The molecular formula is C16H24N4O. The number of carbonyl (C=O) groups is 1. The molecule has 0 radical (unpaired) electrons. The number of hydrogen-bond donors (Lipinski definition) is 0. The van der Waals surface area contributed by atoms with Crippen molar-refractivity contribution in [2.75, 3.05) is 13.1 Å². The molecule has 1 aliphatic heterocycles. The van der Waals surface area contributed by atoms with Crippen LogP contribution in [0.3, 0.4) is 0 Å². The summed E-state index contributed by atoms with van der Waals surface area (Å²) < 4.78 is 2.08. The summed E-state index contributed by atoms with van der Waals surface area (Å²) in [6, 6.07) is 0.465. The first kappa shape index (κ1) is 13.3. The fraction of sp³-hybridized carbons (Fsp3) is 0.812. The van der Waals surface area contributed by atoms with Gasteiger partial charge in [-0.25, -0.2) is 0 Å². The van der Waals surface area contributed by atoms with Gasteiger partial charge in [0, 0.05) is 25.0 Å². The van der Waals surface area contributed by atoms with Gasteiger partial charge in [-0.15, -0.1) is 10.2 Å². The summed E-state index contributed by atoms with van der Waals surface area (Å²) >= 11 is 0. The van der Waals surface area contributed by atoms with Crippen LogP contribution >= 0.6 is 0 Å². The zero-order valence-electron chi connectivity index (χ0n) is 12.6. The van der Waals surface area contributed by atoms with E-state index in [0.29, 0.717) is 23.3 Å². The standard InChI is InChI=1S/C16H24N4O/c21-15(14-10-16(14)6-2-1-3-7-16)19-8-4-13(5-9-19)20-11-17-18-12-20/h11-14H,1-10H2/t14-/m1/s1. The third-order valence-electron chi connectivity index (χ3n) is 5.97. The molecule has 0 N–H and O–H groups in total. The monoisotopic (exact) mass is 288 g/mol. The van der Waals surface area contributed by atoms with Crippen LogP contribution in [-0.4, -0.2) is 38.7 Å². The Labute approximate surface area is 125 Å². The lowest BCUT2D eigenvalue weighted by Gasteiger charge is -2.33. The van der Waals surface area contributed by atoms with E-state index in [4.69, 9.17) is 0 Å². The van der Waals surface area contributed by atoms with E-state index in [2.05, 4.69) is 19.7 Å². The molecule has 0 bridgehead atoms. The van der Waals surface area contributed by atoms with Gasteiger partial charge in [0.05, 0.1) is 0 Å². The van der Waals surface area contributed by atoms with Gasteiger partial charge in [0.1, 0.15) is 12.7 Å². The number of piperidine rings is 1. The van der Waals surface area contributed by atoms with Crippen molar-refractivity contribution in [2.24, 2.45) is 11.3 Å². The van der Waals surface area contributed by atoms with Crippen LogP contribution < -0.4 is 0 Å². The lowest BCUT2D eigenvalue weighted by atomic mass is 9.84. The summed E-state index contributed by atoms with van der Waals surface area (Å²) in [5, 5.41) is 7.76. The van der Waals surface area contributed by atoms with Crippen molar-refractivity contribution < 1.29 is 4.79 Å². The SMILES string of the molecule is O=C([C@H]1CC12CCCCC2)N1CCC(n2cnnc2)CC1. The van der Waals surface area contributed by atoms with Crippen molar-refractivity contribution >= 4 is 5.91 Å². The van der Waals surface area contributed by atoms with E-state index >= 15 is 0 Å². The molecule has 114 valence electrons. The molecular weight excluding hydrogens is 264 g/mol. The van der Waals surface area contributed by atoms with Crippen LogP contribution in [0.2, 0.25) is 0 Å². The highest BCUT2D eigenvalue weighted by atomic mass is 16.2. The highest BCUT2D eigenvalue weighted by Gasteiger charge is 2.58. The maximum Gasteiger partial charge on any atom is 0.226 e. The number of nitrogens with zero attached hydrogens (tertiary/aromatic N) is 4. The van der Waals surface area contributed by atoms with Gasteiger partial charge in [0.15, 0.2) is 0 Å². The number of carbonyl (C=O) groups excluding carboxylic acids is 1. The Morgan fingerprint density at radius 1 is 1.05 bits per heavy atom. The molecule has 1 atom stereocenters. The average molecular weight is 288 g/mol. The van der Waals surface area contributed by atoms with Gasteiger partial charge in [-0.3, -0.25) is 4.79 Å². The first-order valence-corrected chi connectivity index (χ1v) is 8.41. The van der Waals surface area contributed by atoms with Gasteiger partial charge in [0.25, 0.3) is 0 Å². The fourth-order valence-corrected chi connectivity index (χ4v) is 4.51. The predicted octanol–water partition coefficient (Wildman–Crippen LogP) is 2.41. The number of amides is 1. The third-order valence-corrected chi connectivity index (χ3v) is 5.97. The summed E-state index contributed by atoms with van der Waals surface area (Å²) in [7, 11) is 0. The molecule has 1 spiro atoms. The number of aromatic nitrogens is 3. The van der Waals surface area contributed by atoms with E-state index in [1.807, 2.05) is 0 Å². The minimum absolute atomic E-state index is 0.351. The molecule has 5 heteroatoms. The summed E-state index contributed by atoms with van der Waals surface area (Å²) in [5.41, 5.74) is 0.417. The Balaban J connectivity index is 1.33. The molecule has 0 unspecified atom stereocenters. The number of hydrogen-bond acceptors (Lipinski definition) is 3. The van der Waals surface area contributed by atoms with Crippen molar-refractivity contribution in [1.29, 1.82) is 0 Å². The van der Waals surface area contributed by atoms with Crippen LogP contribution in [0.4, 0.5) is 0 Å². The molecule has 0 aromatic carbocycles. The molecule has 2 aliphatic carbocycles. The molecule has 2 heterocycles. The van der Waals surface area contributed by atoms with Crippen molar-refractivity contribution in [3.05, 3.63) is 12.7 Å². The highest BCUT2D eigenvalue weighted by molar-refractivity contribution is 5.82. The molecule has 1 saturated heterocycles. The van der Waals surface area contributed by atoms with E-state index in [1.54, 1.807) is 12.7 Å². The van der Waals surface area contributed by atoms with Crippen molar-refractivity contribution in [2.45, 2.75) is 57.4 Å². The normalized spacial score (nSPS) is 28.8. The topological polar surface area (TPSA) is 51.0 Å². The second-order valence-corrected chi connectivity index (χ2v) is 7.15. The predicted molar refractivity (Wildman–Crippen MR) is 78.5 cm³/mol. The Kier molecular flexibility index (Phi) is 3.23. The van der Waals surface area contributed by atoms with Crippen molar-refractivity contribution in [3.8, 4) is 0 Å². The van der Waals surface area contributed by atoms with Crippen LogP contribution in [0.25, 0.3) is 0 Å². The molecule has 2 saturated carbocycles. The molecule has 3 aliphatic rings. The zero-order chi connectivity index (χ0) is 14.3. The first-order valence-electron chi connectivity index (χ1n) is 8.41. The molecule has 5 nitrogen and oxygen atoms in total. The Morgan fingerprint density at radius 2 is 1.71 bits per heavy atom. The number of likely N-dealkylation sites (tertiary alicyclic amines) is 1. The third kappa shape index (κ3) is 2.36. The highest BCUT2D eigenvalue weighted by Crippen LogP contribution is 2.62. The average Bonchev–Trinajstić information content (AvgIpc) is 2.99. The minimum Gasteiger partial charge on any atom is -0.342 e. The Hall–Kier alpha value is -1.39. The van der Waals surface area contributed by atoms with Crippen LogP contribution in [0.1, 0.15) is 57.4 Å². The lowest BCUT2D eigenvalue weighted by Crippen LogP contribution is -2.40. The number of rotatable bonds is 2. The zero-order valence-corrected chi connectivity index (χ0v) is 12.6. The second kappa shape index (κ2) is 5.11. The molecule has 1 aromatic rings. The van der Waals surface area contributed by atoms with Gasteiger partial charge in [-0.05, 0) is 37.5 Å². The molecule has 3 fully saturated rings. The van der Waals surface area contributed by atoms with Gasteiger partial charge in [-0.1, -0.05) is 19.3 Å². The van der Waals surface area contributed by atoms with E-state index in [-0.39, 0.29) is 0 Å². The van der Waals surface area contributed by atoms with Gasteiger partial charge in [0.2, 0.25) is 5.91 Å². The van der Waals surface area contributed by atoms with Gasteiger partial charge < -0.3 is 9.47 Å². The Morgan fingerprint density at radius 3 is 2.38 bits per heavy atom. The Bertz CT molecular complexity index is 498. The minimum atomic E-state index is 0.351. The molecule has 1 amide bonds. The summed E-state index contributed by atoms with van der Waals surface area (Å²) in [6.07, 6.45) is 13.4. The molecule has 4 rings (SSSR count).